The summed E-state index contributed by atoms with van der Waals surface area (Å²) in [6, 6.07) is 1.52. The number of nitro groups is 1. The van der Waals surface area contributed by atoms with Gasteiger partial charge in [-0.05, 0) is 18.6 Å². The van der Waals surface area contributed by atoms with Crippen molar-refractivity contribution >= 4 is 17.3 Å². The number of hydrogen-bond acceptors (Lipinski definition) is 4. The van der Waals surface area contributed by atoms with E-state index in [9.17, 15) is 28.1 Å². The van der Waals surface area contributed by atoms with E-state index in [1.54, 1.807) is 0 Å². The molecule has 9 heteroatoms. The van der Waals surface area contributed by atoms with Crippen LogP contribution >= 0.6 is 0 Å². The molecule has 0 fully saturated rings. The Balaban J connectivity index is 3.29. The van der Waals surface area contributed by atoms with Gasteiger partial charge in [-0.2, -0.15) is 13.2 Å². The monoisotopic (exact) mass is 306 g/mol. The number of nitro benzene ring substituents is 1. The fourth-order valence-corrected chi connectivity index (χ4v) is 1.82. The Hall–Kier alpha value is -2.32. The van der Waals surface area contributed by atoms with Crippen molar-refractivity contribution in [2.24, 2.45) is 0 Å². The van der Waals surface area contributed by atoms with E-state index in [0.717, 1.165) is 6.07 Å². The smallest absolute Gasteiger partial charge is 0.416 e. The number of carboxylic acid groups (broad SMARTS) is 1. The summed E-state index contributed by atoms with van der Waals surface area (Å²) in [7, 11) is 1.39. The number of hydrogen-bond donors (Lipinski definition) is 1. The second-order valence-electron chi connectivity index (χ2n) is 4.48. The number of benzene rings is 1. The van der Waals surface area contributed by atoms with Gasteiger partial charge in [0.25, 0.3) is 5.69 Å². The molecular weight excluding hydrogens is 293 g/mol. The van der Waals surface area contributed by atoms with Crippen LogP contribution in [0.15, 0.2) is 12.1 Å². The lowest BCUT2D eigenvalue weighted by Crippen LogP contribution is -2.22. The number of halogens is 3. The van der Waals surface area contributed by atoms with E-state index >= 15 is 0 Å². The standard InChI is InChI=1S/C12H13F3N2O4/c1-7-5-9(16(2)4-3-11(18)19)10(17(20)21)6-8(7)12(13,14)15/h5-6H,3-4H2,1-2H3,(H,18,19). The van der Waals surface area contributed by atoms with Crippen molar-refractivity contribution in [1.29, 1.82) is 0 Å². The minimum Gasteiger partial charge on any atom is -0.481 e. The first kappa shape index (κ1) is 16.7. The molecule has 0 aliphatic rings. The van der Waals surface area contributed by atoms with Crippen LogP contribution in [0.5, 0.6) is 0 Å². The van der Waals surface area contributed by atoms with Gasteiger partial charge >= 0.3 is 12.1 Å². The van der Waals surface area contributed by atoms with Gasteiger partial charge in [0.05, 0.1) is 16.9 Å². The van der Waals surface area contributed by atoms with E-state index in [1.807, 2.05) is 0 Å². The first-order valence-corrected chi connectivity index (χ1v) is 5.83. The summed E-state index contributed by atoms with van der Waals surface area (Å²) in [6.07, 6.45) is -4.97. The van der Waals surface area contributed by atoms with Gasteiger partial charge in [-0.25, -0.2) is 0 Å². The van der Waals surface area contributed by atoms with Crippen molar-refractivity contribution < 1.29 is 28.0 Å². The van der Waals surface area contributed by atoms with Crippen LogP contribution in [0.4, 0.5) is 24.5 Å². The summed E-state index contributed by atoms with van der Waals surface area (Å²) in [5, 5.41) is 19.5. The van der Waals surface area contributed by atoms with Crippen LogP contribution in [0.25, 0.3) is 0 Å². The minimum atomic E-state index is -4.69. The van der Waals surface area contributed by atoms with Gasteiger partial charge in [0.1, 0.15) is 5.69 Å². The Labute approximate surface area is 117 Å². The van der Waals surface area contributed by atoms with Crippen molar-refractivity contribution in [2.45, 2.75) is 19.5 Å². The predicted molar refractivity (Wildman–Crippen MR) is 68.4 cm³/mol. The van der Waals surface area contributed by atoms with Crippen LogP contribution in [-0.4, -0.2) is 29.6 Å². The summed E-state index contributed by atoms with van der Waals surface area (Å²) >= 11 is 0. The highest BCUT2D eigenvalue weighted by atomic mass is 19.4. The SMILES string of the molecule is Cc1cc(N(C)CCC(=O)O)c([N+](=O)[O-])cc1C(F)(F)F. The molecule has 1 aromatic rings. The van der Waals surface area contributed by atoms with Gasteiger partial charge < -0.3 is 10.0 Å². The highest BCUT2D eigenvalue weighted by Gasteiger charge is 2.35. The van der Waals surface area contributed by atoms with Gasteiger partial charge in [-0.3, -0.25) is 14.9 Å². The largest absolute Gasteiger partial charge is 0.481 e. The Bertz CT molecular complexity index is 572. The Morgan fingerprint density at radius 2 is 2.00 bits per heavy atom. The molecule has 21 heavy (non-hydrogen) atoms. The number of alkyl halides is 3. The van der Waals surface area contributed by atoms with E-state index in [-0.39, 0.29) is 24.2 Å². The van der Waals surface area contributed by atoms with Gasteiger partial charge in [-0.15, -0.1) is 0 Å². The molecule has 0 aliphatic carbocycles. The second kappa shape index (κ2) is 5.98. The third-order valence-corrected chi connectivity index (χ3v) is 2.90. The van der Waals surface area contributed by atoms with Crippen LogP contribution in [-0.2, 0) is 11.0 Å². The third-order valence-electron chi connectivity index (χ3n) is 2.90. The number of aryl methyl sites for hydroxylation is 1. The zero-order valence-corrected chi connectivity index (χ0v) is 11.3. The fraction of sp³-hybridized carbons (Fsp3) is 0.417. The van der Waals surface area contributed by atoms with Crippen molar-refractivity contribution in [3.8, 4) is 0 Å². The average molecular weight is 306 g/mol. The average Bonchev–Trinajstić information content (AvgIpc) is 2.33. The summed E-state index contributed by atoms with van der Waals surface area (Å²) in [5.74, 6) is -1.10. The second-order valence-corrected chi connectivity index (χ2v) is 4.48. The molecule has 0 aromatic heterocycles. The van der Waals surface area contributed by atoms with E-state index < -0.39 is 28.3 Å². The van der Waals surface area contributed by atoms with Crippen LogP contribution in [0, 0.1) is 17.0 Å². The molecule has 0 aliphatic heterocycles. The van der Waals surface area contributed by atoms with Crippen LogP contribution in [0.3, 0.4) is 0 Å². The summed E-state index contributed by atoms with van der Waals surface area (Å²) < 4.78 is 38.3. The molecular formula is C12H13F3N2O4. The Kier molecular flexibility index (Phi) is 4.77. The quantitative estimate of drug-likeness (QED) is 0.668. The number of carboxylic acids is 1. The lowest BCUT2D eigenvalue weighted by molar-refractivity contribution is -0.384. The molecule has 116 valence electrons. The molecule has 0 amide bonds. The van der Waals surface area contributed by atoms with Crippen molar-refractivity contribution in [1.82, 2.24) is 0 Å². The molecule has 1 N–H and O–H groups in total. The maximum Gasteiger partial charge on any atom is 0.416 e. The molecule has 0 radical (unpaired) electrons. The summed E-state index contributed by atoms with van der Waals surface area (Å²) in [5.41, 5.74) is -2.00. The van der Waals surface area contributed by atoms with Crippen LogP contribution in [0.1, 0.15) is 17.5 Å². The third kappa shape index (κ3) is 4.07. The van der Waals surface area contributed by atoms with Gasteiger partial charge in [-0.1, -0.05) is 0 Å². The van der Waals surface area contributed by atoms with E-state index in [0.29, 0.717) is 6.07 Å². The van der Waals surface area contributed by atoms with Gasteiger partial charge in [0, 0.05) is 19.7 Å². The molecule has 1 rings (SSSR count). The maximum absolute atomic E-state index is 12.8. The van der Waals surface area contributed by atoms with Crippen molar-refractivity contribution in [3.05, 3.63) is 33.4 Å². The number of carbonyl (C=O) groups is 1. The zero-order chi connectivity index (χ0) is 16.4. The van der Waals surface area contributed by atoms with Crippen molar-refractivity contribution in [2.75, 3.05) is 18.5 Å². The highest BCUT2D eigenvalue weighted by molar-refractivity contribution is 5.70. The maximum atomic E-state index is 12.8. The minimum absolute atomic E-state index is 0.0493. The fourth-order valence-electron chi connectivity index (χ4n) is 1.82. The molecule has 1 aromatic carbocycles. The van der Waals surface area contributed by atoms with E-state index in [4.69, 9.17) is 5.11 Å². The zero-order valence-electron chi connectivity index (χ0n) is 11.3. The lowest BCUT2D eigenvalue weighted by Gasteiger charge is -2.20. The highest BCUT2D eigenvalue weighted by Crippen LogP contribution is 2.38. The first-order valence-electron chi connectivity index (χ1n) is 5.83. The molecule has 6 nitrogen and oxygen atoms in total. The number of rotatable bonds is 5. The number of aliphatic carboxylic acids is 1. The van der Waals surface area contributed by atoms with Gasteiger partial charge in [0.15, 0.2) is 0 Å². The molecule has 0 bridgehead atoms. The number of nitrogens with zero attached hydrogens (tertiary/aromatic N) is 2. The normalized spacial score (nSPS) is 11.3. The van der Waals surface area contributed by atoms with E-state index in [2.05, 4.69) is 0 Å². The van der Waals surface area contributed by atoms with E-state index in [1.165, 1.54) is 18.9 Å². The number of anilines is 1. The molecule has 0 spiro atoms. The van der Waals surface area contributed by atoms with Crippen LogP contribution in [0.2, 0.25) is 0 Å². The lowest BCUT2D eigenvalue weighted by atomic mass is 10.1. The summed E-state index contributed by atoms with van der Waals surface area (Å²) in [6.45, 7) is 1.14. The Morgan fingerprint density at radius 3 is 2.43 bits per heavy atom. The molecule has 0 atom stereocenters. The molecule has 0 unspecified atom stereocenters. The molecule has 0 saturated carbocycles. The van der Waals surface area contributed by atoms with Crippen molar-refractivity contribution in [3.63, 3.8) is 0 Å². The van der Waals surface area contributed by atoms with Gasteiger partial charge in [0.2, 0.25) is 0 Å². The summed E-state index contributed by atoms with van der Waals surface area (Å²) in [4.78, 5) is 21.8. The topological polar surface area (TPSA) is 83.7 Å². The first-order chi connectivity index (χ1) is 9.54. The predicted octanol–water partition coefficient (Wildman–Crippen LogP) is 2.83. The van der Waals surface area contributed by atoms with Crippen LogP contribution < -0.4 is 4.90 Å². The Morgan fingerprint density at radius 1 is 1.43 bits per heavy atom. The molecule has 0 saturated heterocycles. The molecule has 0 heterocycles.